The van der Waals surface area contributed by atoms with Crippen LogP contribution < -0.4 is 4.90 Å². The zero-order chi connectivity index (χ0) is 19.6. The van der Waals surface area contributed by atoms with E-state index in [1.54, 1.807) is 12.3 Å². The van der Waals surface area contributed by atoms with Crippen LogP contribution in [0.3, 0.4) is 0 Å². The summed E-state index contributed by atoms with van der Waals surface area (Å²) in [6, 6.07) is 7.24. The number of rotatable bonds is 3. The van der Waals surface area contributed by atoms with Crippen LogP contribution in [0.25, 0.3) is 0 Å². The third-order valence-corrected chi connectivity index (χ3v) is 3.85. The summed E-state index contributed by atoms with van der Waals surface area (Å²) in [7, 11) is 0. The Bertz CT molecular complexity index is 897. The molecule has 0 atom stereocenters. The second-order valence-electron chi connectivity index (χ2n) is 5.65. The van der Waals surface area contributed by atoms with E-state index in [9.17, 15) is 22.8 Å². The van der Waals surface area contributed by atoms with Crippen molar-refractivity contribution in [1.29, 1.82) is 0 Å². The number of aromatic carboxylic acids is 1. The lowest BCUT2D eigenvalue weighted by Crippen LogP contribution is -2.43. The summed E-state index contributed by atoms with van der Waals surface area (Å²) in [5.74, 6) is -1.74. The topological polar surface area (TPSA) is 86.6 Å². The van der Waals surface area contributed by atoms with E-state index in [4.69, 9.17) is 5.11 Å². The molecule has 1 amide bonds. The van der Waals surface area contributed by atoms with E-state index in [0.29, 0.717) is 0 Å². The van der Waals surface area contributed by atoms with Gasteiger partial charge in [0.05, 0.1) is 17.8 Å². The second-order valence-corrected chi connectivity index (χ2v) is 5.65. The Morgan fingerprint density at radius 1 is 1.07 bits per heavy atom. The summed E-state index contributed by atoms with van der Waals surface area (Å²) in [6.45, 7) is 0.0742. The first-order valence-electron chi connectivity index (χ1n) is 7.73. The Morgan fingerprint density at radius 2 is 1.81 bits per heavy atom. The normalized spacial score (nSPS) is 14.3. The molecule has 2 aromatic rings. The van der Waals surface area contributed by atoms with Crippen molar-refractivity contribution in [3.8, 4) is 0 Å². The third-order valence-electron chi connectivity index (χ3n) is 3.85. The molecule has 0 fully saturated rings. The number of carboxylic acids is 1. The fourth-order valence-electron chi connectivity index (χ4n) is 2.57. The van der Waals surface area contributed by atoms with Crippen molar-refractivity contribution in [2.24, 2.45) is 0 Å². The van der Waals surface area contributed by atoms with Crippen LogP contribution in [0.2, 0.25) is 0 Å². The molecule has 0 aliphatic carbocycles. The van der Waals surface area contributed by atoms with Gasteiger partial charge in [-0.25, -0.2) is 4.79 Å². The van der Waals surface area contributed by atoms with E-state index in [-0.39, 0.29) is 24.7 Å². The fourth-order valence-corrected chi connectivity index (χ4v) is 2.57. The summed E-state index contributed by atoms with van der Waals surface area (Å²) in [4.78, 5) is 26.2. The van der Waals surface area contributed by atoms with Crippen molar-refractivity contribution < 1.29 is 27.9 Å². The minimum atomic E-state index is -4.64. The Hall–Kier alpha value is -3.43. The van der Waals surface area contributed by atoms with Gasteiger partial charge in [-0.05, 0) is 30.3 Å². The van der Waals surface area contributed by atoms with Crippen molar-refractivity contribution in [1.82, 2.24) is 15.1 Å². The number of hydrogen-bond donors (Lipinski definition) is 1. The molecule has 1 N–H and O–H groups in total. The number of carbonyl (C=O) groups excluding carboxylic acids is 1. The van der Waals surface area contributed by atoms with Crippen LogP contribution >= 0.6 is 0 Å². The molecule has 0 saturated heterocycles. The van der Waals surface area contributed by atoms with Crippen molar-refractivity contribution in [3.63, 3.8) is 0 Å². The van der Waals surface area contributed by atoms with Gasteiger partial charge in [-0.15, -0.1) is 10.2 Å². The lowest BCUT2D eigenvalue weighted by molar-refractivity contribution is -0.138. The molecule has 1 aliphatic heterocycles. The standard InChI is InChI=1S/C17H13F3N4O3/c18-17(19,20)12-5-2-1-4-11(12)15(25)24-9-3-8-23(10-24)14-7-6-13(16(26)27)21-22-14/h1-8H,9-10H2,(H,26,27). The first-order valence-corrected chi connectivity index (χ1v) is 7.73. The van der Waals surface area contributed by atoms with Crippen molar-refractivity contribution >= 4 is 17.7 Å². The first-order chi connectivity index (χ1) is 12.8. The lowest BCUT2D eigenvalue weighted by Gasteiger charge is -2.32. The van der Waals surface area contributed by atoms with Gasteiger partial charge in [0.1, 0.15) is 0 Å². The van der Waals surface area contributed by atoms with Crippen LogP contribution in [0.5, 0.6) is 0 Å². The minimum Gasteiger partial charge on any atom is -0.476 e. The first kappa shape index (κ1) is 18.4. The van der Waals surface area contributed by atoms with Crippen LogP contribution in [0, 0.1) is 0 Å². The Balaban J connectivity index is 1.83. The predicted octanol–water partition coefficient (Wildman–Crippen LogP) is 2.63. The zero-order valence-electron chi connectivity index (χ0n) is 13.7. The molecule has 1 aromatic carbocycles. The maximum atomic E-state index is 13.2. The van der Waals surface area contributed by atoms with E-state index < -0.39 is 29.2 Å². The number of carbonyl (C=O) groups is 2. The number of halogens is 3. The SMILES string of the molecule is O=C(O)c1ccc(N2C=CCN(C(=O)c3ccccc3C(F)(F)F)C2)nn1. The quantitative estimate of drug-likeness (QED) is 0.884. The molecule has 0 unspecified atom stereocenters. The summed E-state index contributed by atoms with van der Waals surface area (Å²) in [5.41, 5.74) is -1.68. The third kappa shape index (κ3) is 3.89. The van der Waals surface area contributed by atoms with Gasteiger partial charge in [0.15, 0.2) is 11.5 Å². The van der Waals surface area contributed by atoms with Gasteiger partial charge in [0.2, 0.25) is 0 Å². The van der Waals surface area contributed by atoms with Gasteiger partial charge in [-0.2, -0.15) is 13.2 Å². The average Bonchev–Trinajstić information content (AvgIpc) is 2.67. The van der Waals surface area contributed by atoms with Crippen molar-refractivity contribution in [2.75, 3.05) is 18.1 Å². The van der Waals surface area contributed by atoms with Crippen LogP contribution in [0.4, 0.5) is 19.0 Å². The van der Waals surface area contributed by atoms with Crippen LogP contribution in [0.1, 0.15) is 26.4 Å². The highest BCUT2D eigenvalue weighted by atomic mass is 19.4. The highest BCUT2D eigenvalue weighted by Crippen LogP contribution is 2.32. The molecule has 1 aliphatic rings. The maximum absolute atomic E-state index is 13.2. The number of anilines is 1. The molecule has 27 heavy (non-hydrogen) atoms. The number of carboxylic acid groups (broad SMARTS) is 1. The van der Waals surface area contributed by atoms with E-state index >= 15 is 0 Å². The number of hydrogen-bond acceptors (Lipinski definition) is 5. The lowest BCUT2D eigenvalue weighted by atomic mass is 10.1. The van der Waals surface area contributed by atoms with Crippen molar-refractivity contribution in [2.45, 2.75) is 6.18 Å². The molecule has 1 aromatic heterocycles. The van der Waals surface area contributed by atoms with Crippen LogP contribution in [-0.2, 0) is 6.18 Å². The molecule has 0 saturated carbocycles. The number of amides is 1. The Labute approximate surface area is 151 Å². The van der Waals surface area contributed by atoms with E-state index in [1.165, 1.54) is 34.1 Å². The largest absolute Gasteiger partial charge is 0.476 e. The number of benzene rings is 1. The Kier molecular flexibility index (Phi) is 4.80. The van der Waals surface area contributed by atoms with Crippen molar-refractivity contribution in [3.05, 3.63) is 65.5 Å². The molecule has 0 bridgehead atoms. The van der Waals surface area contributed by atoms with Gasteiger partial charge in [-0.3, -0.25) is 4.79 Å². The second kappa shape index (κ2) is 7.06. The van der Waals surface area contributed by atoms with Gasteiger partial charge in [0, 0.05) is 12.7 Å². The van der Waals surface area contributed by atoms with Crippen LogP contribution in [0.15, 0.2) is 48.7 Å². The zero-order valence-corrected chi connectivity index (χ0v) is 13.7. The summed E-state index contributed by atoms with van der Waals surface area (Å²) >= 11 is 0. The molecular formula is C17H13F3N4O3. The monoisotopic (exact) mass is 378 g/mol. The van der Waals surface area contributed by atoms with Gasteiger partial charge in [0.25, 0.3) is 5.91 Å². The average molecular weight is 378 g/mol. The molecule has 140 valence electrons. The van der Waals surface area contributed by atoms with Gasteiger partial charge in [-0.1, -0.05) is 12.1 Å². The van der Waals surface area contributed by atoms with E-state index in [2.05, 4.69) is 10.2 Å². The fraction of sp³-hybridized carbons (Fsp3) is 0.176. The smallest absolute Gasteiger partial charge is 0.417 e. The number of aromatic nitrogens is 2. The number of nitrogens with zero attached hydrogens (tertiary/aromatic N) is 4. The minimum absolute atomic E-state index is 0.0530. The molecular weight excluding hydrogens is 365 g/mol. The molecule has 0 radical (unpaired) electrons. The molecule has 0 spiro atoms. The Morgan fingerprint density at radius 3 is 2.44 bits per heavy atom. The molecule has 10 heteroatoms. The maximum Gasteiger partial charge on any atom is 0.417 e. The van der Waals surface area contributed by atoms with Crippen LogP contribution in [-0.4, -0.2) is 45.3 Å². The molecule has 3 rings (SSSR count). The molecule has 2 heterocycles. The predicted molar refractivity (Wildman–Crippen MR) is 88.0 cm³/mol. The highest BCUT2D eigenvalue weighted by Gasteiger charge is 2.36. The summed E-state index contributed by atoms with van der Waals surface area (Å²) in [6.07, 6.45) is -1.45. The van der Waals surface area contributed by atoms with E-state index in [1.807, 2.05) is 0 Å². The summed E-state index contributed by atoms with van der Waals surface area (Å²) < 4.78 is 39.5. The van der Waals surface area contributed by atoms with Gasteiger partial charge >= 0.3 is 12.1 Å². The molecule has 7 nitrogen and oxygen atoms in total. The summed E-state index contributed by atoms with van der Waals surface area (Å²) in [5, 5.41) is 16.2. The van der Waals surface area contributed by atoms with Gasteiger partial charge < -0.3 is 14.9 Å². The number of alkyl halides is 3. The van der Waals surface area contributed by atoms with E-state index in [0.717, 1.165) is 12.1 Å². The highest BCUT2D eigenvalue weighted by molar-refractivity contribution is 5.96.